The van der Waals surface area contributed by atoms with Crippen LogP contribution in [0, 0.1) is 0 Å². The second kappa shape index (κ2) is 12.5. The molecule has 0 unspecified atom stereocenters. The molecule has 0 atom stereocenters. The number of para-hydroxylation sites is 2. The quantitative estimate of drug-likeness (QED) is 0.172. The number of nitrogens with zero attached hydrogens (tertiary/aromatic N) is 2. The van der Waals surface area contributed by atoms with Gasteiger partial charge in [-0.15, -0.1) is 0 Å². The van der Waals surface area contributed by atoms with Crippen molar-refractivity contribution in [2.45, 2.75) is 0 Å². The molecule has 0 aliphatic rings. The minimum absolute atomic E-state index is 0.0753. The molecule has 0 amide bonds. The van der Waals surface area contributed by atoms with Crippen molar-refractivity contribution in [1.82, 2.24) is 9.13 Å². The topological polar surface area (TPSA) is 23.0 Å². The zero-order valence-corrected chi connectivity index (χ0v) is 29.2. The van der Waals surface area contributed by atoms with E-state index in [-0.39, 0.29) is 82.4 Å². The molecule has 0 saturated heterocycles. The second-order valence-electron chi connectivity index (χ2n) is 13.2. The van der Waals surface area contributed by atoms with Gasteiger partial charge in [0, 0.05) is 49.8 Å². The molecule has 0 aliphatic heterocycles. The Labute approximate surface area is 359 Å². The molecular formula is C54H34N2O. The van der Waals surface area contributed by atoms with Crippen molar-refractivity contribution in [2.24, 2.45) is 0 Å². The lowest BCUT2D eigenvalue weighted by atomic mass is 10.0. The molecule has 12 rings (SSSR count). The van der Waals surface area contributed by atoms with Crippen molar-refractivity contribution >= 4 is 65.6 Å². The Morgan fingerprint density at radius 2 is 0.912 bits per heavy atom. The van der Waals surface area contributed by atoms with E-state index in [0.717, 1.165) is 21.8 Å². The maximum atomic E-state index is 9.94. The highest BCUT2D eigenvalue weighted by Gasteiger charge is 2.17. The predicted molar refractivity (Wildman–Crippen MR) is 239 cm³/mol. The second-order valence-corrected chi connectivity index (χ2v) is 13.2. The highest BCUT2D eigenvalue weighted by atomic mass is 16.3. The van der Waals surface area contributed by atoms with Crippen LogP contribution in [0.4, 0.5) is 0 Å². The average molecular weight is 749 g/mol. The first kappa shape index (κ1) is 17.0. The van der Waals surface area contributed by atoms with Gasteiger partial charge >= 0.3 is 0 Å². The van der Waals surface area contributed by atoms with Crippen LogP contribution < -0.4 is 0 Å². The van der Waals surface area contributed by atoms with Crippen LogP contribution in [0.1, 0.15) is 30.2 Å². The monoisotopic (exact) mass is 748 g/mol. The molecule has 57 heavy (non-hydrogen) atoms. The molecule has 3 heteroatoms. The summed E-state index contributed by atoms with van der Waals surface area (Å²) in [6.45, 7) is 0. The van der Waals surface area contributed by atoms with E-state index < -0.39 is 144 Å². The Balaban J connectivity index is 1.15. The number of furan rings is 1. The molecule has 0 bridgehead atoms. The van der Waals surface area contributed by atoms with Crippen LogP contribution in [-0.4, -0.2) is 9.13 Å². The number of hydrogen-bond donors (Lipinski definition) is 0. The number of benzene rings is 9. The fourth-order valence-electron chi connectivity index (χ4n) is 7.40. The van der Waals surface area contributed by atoms with Crippen LogP contribution in [0.15, 0.2) is 210 Å². The third-order valence-electron chi connectivity index (χ3n) is 10.0. The summed E-state index contributed by atoms with van der Waals surface area (Å²) in [6.07, 6.45) is 0. The van der Waals surface area contributed by atoms with Crippen LogP contribution in [0.3, 0.4) is 0 Å². The van der Waals surface area contributed by atoms with Gasteiger partial charge in [0.05, 0.1) is 52.2 Å². The fraction of sp³-hybridized carbons (Fsp3) is 0. The van der Waals surface area contributed by atoms with E-state index in [4.69, 9.17) is 20.9 Å². The molecule has 0 N–H and O–H groups in total. The SMILES string of the molecule is [2H]c1cc(-c2c([2H])c([2H])c3c(oc4cc(-n5c6c([2H])c([2H])c([2H])c([2H])c6c6c([2H])c(-c7c([2H])c([2H])c8c(c7[2H])c7c([2H])c([2H])c([2H])c([2H])c7n8-c7ccc(-c8ccccc8)cc7)c([2H])c([2H])c65)cc([2H])c43)c2[2H])c([2H])c([2H])c1[2H]. The summed E-state index contributed by atoms with van der Waals surface area (Å²) in [6, 6.07) is 6.03. The molecule has 9 aromatic carbocycles. The van der Waals surface area contributed by atoms with E-state index in [9.17, 15) is 13.7 Å². The zero-order chi connectivity index (χ0) is 56.6. The Morgan fingerprint density at radius 3 is 1.63 bits per heavy atom. The van der Waals surface area contributed by atoms with Crippen LogP contribution in [-0.2, 0) is 0 Å². The Kier molecular flexibility index (Phi) is 3.72. The molecule has 0 saturated carbocycles. The fourth-order valence-corrected chi connectivity index (χ4v) is 7.40. The lowest BCUT2D eigenvalue weighted by molar-refractivity contribution is 0.669. The van der Waals surface area contributed by atoms with Gasteiger partial charge in [0.25, 0.3) is 0 Å². The maximum absolute atomic E-state index is 9.94. The molecule has 0 radical (unpaired) electrons. The lowest BCUT2D eigenvalue weighted by Crippen LogP contribution is -1.94. The summed E-state index contributed by atoms with van der Waals surface area (Å²) in [4.78, 5) is 0. The first-order valence-corrected chi connectivity index (χ1v) is 17.7. The third-order valence-corrected chi connectivity index (χ3v) is 10.0. The number of aromatic nitrogens is 2. The van der Waals surface area contributed by atoms with Crippen molar-refractivity contribution in [2.75, 3.05) is 0 Å². The van der Waals surface area contributed by atoms with Gasteiger partial charge in [0.15, 0.2) is 0 Å². The minimum atomic E-state index is -0.803. The summed E-state index contributed by atoms with van der Waals surface area (Å²) in [5.41, 5.74) is -1.36. The smallest absolute Gasteiger partial charge is 0.137 e. The maximum Gasteiger partial charge on any atom is 0.137 e. The first-order chi connectivity index (χ1) is 37.4. The largest absolute Gasteiger partial charge is 0.456 e. The minimum Gasteiger partial charge on any atom is -0.456 e. The van der Waals surface area contributed by atoms with Gasteiger partial charge in [-0.1, -0.05) is 127 Å². The van der Waals surface area contributed by atoms with Gasteiger partial charge in [0.2, 0.25) is 0 Å². The van der Waals surface area contributed by atoms with E-state index in [2.05, 4.69) is 0 Å². The van der Waals surface area contributed by atoms with Crippen molar-refractivity contribution in [3.05, 3.63) is 206 Å². The van der Waals surface area contributed by atoms with Crippen LogP contribution in [0.25, 0.3) is 110 Å². The van der Waals surface area contributed by atoms with Gasteiger partial charge in [-0.05, 0) is 106 Å². The van der Waals surface area contributed by atoms with Crippen LogP contribution in [0.2, 0.25) is 0 Å². The summed E-state index contributed by atoms with van der Waals surface area (Å²) >= 11 is 0. The van der Waals surface area contributed by atoms with Crippen molar-refractivity contribution < 1.29 is 34.6 Å². The number of hydrogen-bond acceptors (Lipinski definition) is 1. The van der Waals surface area contributed by atoms with Crippen LogP contribution in [0.5, 0.6) is 0 Å². The molecule has 266 valence electrons. The van der Waals surface area contributed by atoms with E-state index in [1.165, 1.54) is 16.7 Å². The van der Waals surface area contributed by atoms with Gasteiger partial charge in [0.1, 0.15) is 11.2 Å². The van der Waals surface area contributed by atoms with Crippen LogP contribution >= 0.6 is 0 Å². The zero-order valence-electron chi connectivity index (χ0n) is 51.2. The predicted octanol–water partition coefficient (Wildman–Crippen LogP) is 14.8. The molecule has 3 aromatic heterocycles. The standard InChI is InChI=1S/C54H34N2O/c1-3-11-35(12-4-1)37-19-24-41(25-20-37)55-49-17-9-7-15-43(49)47-31-38(22-29-51(47)55)39-23-30-52-48(32-39)44-16-8-10-18-50(44)56(52)42-26-28-46-45-27-21-40(36-13-5-2-6-14-36)33-53(45)57-54(46)34-42/h1-34H/i2D,5D,6D,7D,8D,9D,10D,13D,15D,16D,17D,18D,21D,22D,23D,27D,28D,29D,30D,31D,32D,33D. The summed E-state index contributed by atoms with van der Waals surface area (Å²) in [5, 5.41) is -1.37. The summed E-state index contributed by atoms with van der Waals surface area (Å²) in [5.74, 6) is 0. The molecule has 12 aromatic rings. The molecular weight excluding hydrogens is 693 g/mol. The summed E-state index contributed by atoms with van der Waals surface area (Å²) < 4.78 is 208. The van der Waals surface area contributed by atoms with Gasteiger partial charge in [-0.2, -0.15) is 0 Å². The third kappa shape index (κ3) is 4.99. The summed E-state index contributed by atoms with van der Waals surface area (Å²) in [7, 11) is 0. The number of rotatable bonds is 5. The molecule has 0 spiro atoms. The molecule has 0 fully saturated rings. The average Bonchev–Trinajstić information content (AvgIpc) is 3.56. The Bertz CT molecular complexity index is 4790. The van der Waals surface area contributed by atoms with Crippen molar-refractivity contribution in [3.8, 4) is 44.8 Å². The van der Waals surface area contributed by atoms with E-state index in [1.807, 2.05) is 30.3 Å². The first-order valence-electron chi connectivity index (χ1n) is 28.7. The van der Waals surface area contributed by atoms with Gasteiger partial charge < -0.3 is 13.6 Å². The molecule has 3 heterocycles. The van der Waals surface area contributed by atoms with Crippen molar-refractivity contribution in [3.63, 3.8) is 0 Å². The van der Waals surface area contributed by atoms with E-state index in [1.54, 1.807) is 24.3 Å². The highest BCUT2D eigenvalue weighted by molar-refractivity contribution is 6.13. The van der Waals surface area contributed by atoms with Crippen molar-refractivity contribution in [1.29, 1.82) is 0 Å². The van der Waals surface area contributed by atoms with E-state index >= 15 is 0 Å². The Hall–Kier alpha value is -7.62. The normalized spacial score (nSPS) is 17.3. The van der Waals surface area contributed by atoms with Gasteiger partial charge in [-0.3, -0.25) is 0 Å². The molecule has 0 aliphatic carbocycles. The lowest BCUT2D eigenvalue weighted by Gasteiger charge is -2.10. The highest BCUT2D eigenvalue weighted by Crippen LogP contribution is 2.40. The van der Waals surface area contributed by atoms with E-state index in [0.29, 0.717) is 5.69 Å². The van der Waals surface area contributed by atoms with Gasteiger partial charge in [-0.25, -0.2) is 0 Å². The molecule has 3 nitrogen and oxygen atoms in total. The Morgan fingerprint density at radius 1 is 0.333 bits per heavy atom. The number of fused-ring (bicyclic) bond motifs is 9.